The second-order valence-electron chi connectivity index (χ2n) is 2.84. The Morgan fingerprint density at radius 3 is 2.40 bits per heavy atom. The van der Waals surface area contributed by atoms with Crippen molar-refractivity contribution in [3.63, 3.8) is 0 Å². The number of rotatable bonds is 1. The van der Waals surface area contributed by atoms with Gasteiger partial charge in [-0.25, -0.2) is 5.06 Å². The van der Waals surface area contributed by atoms with Crippen molar-refractivity contribution in [1.29, 1.82) is 0 Å². The van der Waals surface area contributed by atoms with Gasteiger partial charge in [-0.1, -0.05) is 12.8 Å². The van der Waals surface area contributed by atoms with Crippen molar-refractivity contribution in [1.82, 2.24) is 5.06 Å². The van der Waals surface area contributed by atoms with Crippen LogP contribution in [0.15, 0.2) is 0 Å². The molecule has 1 amide bonds. The first-order valence-electron chi connectivity index (χ1n) is 3.68. The molecule has 0 aromatic heterocycles. The Morgan fingerprint density at radius 2 is 2.00 bits per heavy atom. The van der Waals surface area contributed by atoms with Crippen molar-refractivity contribution in [3.05, 3.63) is 0 Å². The van der Waals surface area contributed by atoms with Crippen molar-refractivity contribution in [2.45, 2.75) is 25.7 Å². The summed E-state index contributed by atoms with van der Waals surface area (Å²) in [7, 11) is 1.39. The summed E-state index contributed by atoms with van der Waals surface area (Å²) in [6, 6.07) is 0. The summed E-state index contributed by atoms with van der Waals surface area (Å²) in [6.45, 7) is 0. The molecule has 0 spiro atoms. The third kappa shape index (κ3) is 1.48. The molecule has 0 saturated heterocycles. The predicted octanol–water partition coefficient (Wildman–Crippen LogP) is 1.02. The lowest BCUT2D eigenvalue weighted by Crippen LogP contribution is -2.28. The molecule has 1 N–H and O–H groups in total. The molecule has 3 nitrogen and oxygen atoms in total. The van der Waals surface area contributed by atoms with Gasteiger partial charge in [0, 0.05) is 13.0 Å². The van der Waals surface area contributed by atoms with Crippen LogP contribution in [0.4, 0.5) is 0 Å². The van der Waals surface area contributed by atoms with Gasteiger partial charge in [0.15, 0.2) is 0 Å². The number of hydrogen-bond donors (Lipinski definition) is 1. The van der Waals surface area contributed by atoms with Crippen LogP contribution in [0.3, 0.4) is 0 Å². The third-order valence-electron chi connectivity index (χ3n) is 2.02. The van der Waals surface area contributed by atoms with Gasteiger partial charge in [-0.05, 0) is 12.8 Å². The molecule has 0 heterocycles. The molecule has 10 heavy (non-hydrogen) atoms. The zero-order valence-corrected chi connectivity index (χ0v) is 6.21. The van der Waals surface area contributed by atoms with E-state index < -0.39 is 0 Å². The van der Waals surface area contributed by atoms with Gasteiger partial charge in [0.25, 0.3) is 0 Å². The van der Waals surface area contributed by atoms with Crippen molar-refractivity contribution in [2.24, 2.45) is 5.92 Å². The molecule has 58 valence electrons. The highest BCUT2D eigenvalue weighted by molar-refractivity contribution is 5.77. The standard InChI is InChI=1S/C7H13NO2/c1-8(10)7(9)6-4-2-3-5-6/h6,10H,2-5H2,1H3. The zero-order valence-electron chi connectivity index (χ0n) is 6.21. The quantitative estimate of drug-likeness (QED) is 0.440. The predicted molar refractivity (Wildman–Crippen MR) is 36.5 cm³/mol. The van der Waals surface area contributed by atoms with Gasteiger partial charge in [-0.3, -0.25) is 10.0 Å². The number of carbonyl (C=O) groups is 1. The molecule has 0 atom stereocenters. The Morgan fingerprint density at radius 1 is 1.50 bits per heavy atom. The summed E-state index contributed by atoms with van der Waals surface area (Å²) in [5.74, 6) is -0.0347. The number of carbonyl (C=O) groups excluding carboxylic acids is 1. The SMILES string of the molecule is CN(O)C(=O)C1CCCC1. The molecule has 0 radical (unpaired) electrons. The van der Waals surface area contributed by atoms with Gasteiger partial charge >= 0.3 is 0 Å². The normalized spacial score (nSPS) is 19.4. The summed E-state index contributed by atoms with van der Waals surface area (Å²) in [4.78, 5) is 11.0. The highest BCUT2D eigenvalue weighted by atomic mass is 16.5. The third-order valence-corrected chi connectivity index (χ3v) is 2.02. The average molecular weight is 143 g/mol. The molecule has 1 fully saturated rings. The molecule has 0 aliphatic heterocycles. The first-order valence-corrected chi connectivity index (χ1v) is 3.68. The largest absolute Gasteiger partial charge is 0.286 e. The monoisotopic (exact) mass is 143 g/mol. The number of hydrogen-bond acceptors (Lipinski definition) is 2. The Kier molecular flexibility index (Phi) is 2.27. The minimum Gasteiger partial charge on any atom is -0.286 e. The average Bonchev–Trinajstić information content (AvgIpc) is 2.36. The smallest absolute Gasteiger partial charge is 0.248 e. The first-order chi connectivity index (χ1) is 4.72. The lowest BCUT2D eigenvalue weighted by molar-refractivity contribution is -0.163. The molecular weight excluding hydrogens is 130 g/mol. The Balaban J connectivity index is 2.40. The highest BCUT2D eigenvalue weighted by Gasteiger charge is 2.24. The van der Waals surface area contributed by atoms with Crippen LogP contribution in [-0.4, -0.2) is 23.2 Å². The molecule has 0 bridgehead atoms. The summed E-state index contributed by atoms with van der Waals surface area (Å²) in [6.07, 6.45) is 4.15. The van der Waals surface area contributed by atoms with Crippen LogP contribution in [0, 0.1) is 5.92 Å². The number of amides is 1. The zero-order chi connectivity index (χ0) is 7.56. The summed E-state index contributed by atoms with van der Waals surface area (Å²) < 4.78 is 0. The van der Waals surface area contributed by atoms with Gasteiger partial charge in [-0.2, -0.15) is 0 Å². The van der Waals surface area contributed by atoms with E-state index in [2.05, 4.69) is 0 Å². The minimum atomic E-state index is -0.127. The van der Waals surface area contributed by atoms with E-state index in [0.29, 0.717) is 5.06 Å². The lowest BCUT2D eigenvalue weighted by Gasteiger charge is -2.12. The topological polar surface area (TPSA) is 40.5 Å². The maximum atomic E-state index is 11.0. The minimum absolute atomic E-state index is 0.0926. The van der Waals surface area contributed by atoms with E-state index in [4.69, 9.17) is 5.21 Å². The van der Waals surface area contributed by atoms with Crippen LogP contribution >= 0.6 is 0 Å². The maximum absolute atomic E-state index is 11.0. The fraction of sp³-hybridized carbons (Fsp3) is 0.857. The van der Waals surface area contributed by atoms with Crippen molar-refractivity contribution >= 4 is 5.91 Å². The van der Waals surface area contributed by atoms with Gasteiger partial charge in [-0.15, -0.1) is 0 Å². The van der Waals surface area contributed by atoms with E-state index in [0.717, 1.165) is 25.7 Å². The summed E-state index contributed by atoms with van der Waals surface area (Å²) in [5, 5.41) is 9.47. The number of hydroxylamine groups is 2. The lowest BCUT2D eigenvalue weighted by atomic mass is 10.1. The van der Waals surface area contributed by atoms with Crippen LogP contribution in [0.1, 0.15) is 25.7 Å². The van der Waals surface area contributed by atoms with Crippen LogP contribution in [0.5, 0.6) is 0 Å². The molecule has 0 aromatic carbocycles. The highest BCUT2D eigenvalue weighted by Crippen LogP contribution is 2.25. The van der Waals surface area contributed by atoms with E-state index in [1.807, 2.05) is 0 Å². The van der Waals surface area contributed by atoms with Gasteiger partial charge in [0.1, 0.15) is 0 Å². The van der Waals surface area contributed by atoms with E-state index in [9.17, 15) is 4.79 Å². The molecular formula is C7H13NO2. The van der Waals surface area contributed by atoms with Crippen molar-refractivity contribution < 1.29 is 10.0 Å². The van der Waals surface area contributed by atoms with E-state index in [-0.39, 0.29) is 11.8 Å². The molecule has 1 saturated carbocycles. The fourth-order valence-electron chi connectivity index (χ4n) is 1.44. The van der Waals surface area contributed by atoms with Crippen LogP contribution in [0.25, 0.3) is 0 Å². The summed E-state index contributed by atoms with van der Waals surface area (Å²) in [5.41, 5.74) is 0. The van der Waals surface area contributed by atoms with Gasteiger partial charge in [0.2, 0.25) is 5.91 Å². The summed E-state index contributed by atoms with van der Waals surface area (Å²) >= 11 is 0. The molecule has 0 aromatic rings. The Labute approximate surface area is 60.6 Å². The van der Waals surface area contributed by atoms with Gasteiger partial charge in [0.05, 0.1) is 0 Å². The Bertz CT molecular complexity index is 128. The molecule has 1 aliphatic carbocycles. The number of nitrogens with zero attached hydrogens (tertiary/aromatic N) is 1. The second kappa shape index (κ2) is 3.01. The van der Waals surface area contributed by atoms with Crippen molar-refractivity contribution in [3.8, 4) is 0 Å². The fourth-order valence-corrected chi connectivity index (χ4v) is 1.44. The first kappa shape index (κ1) is 7.54. The second-order valence-corrected chi connectivity index (χ2v) is 2.84. The molecule has 0 unspecified atom stereocenters. The molecule has 1 aliphatic rings. The van der Waals surface area contributed by atoms with E-state index in [1.165, 1.54) is 7.05 Å². The van der Waals surface area contributed by atoms with E-state index >= 15 is 0 Å². The Hall–Kier alpha value is -0.570. The van der Waals surface area contributed by atoms with Crippen LogP contribution in [0.2, 0.25) is 0 Å². The maximum Gasteiger partial charge on any atom is 0.248 e. The molecule has 3 heteroatoms. The van der Waals surface area contributed by atoms with Crippen molar-refractivity contribution in [2.75, 3.05) is 7.05 Å². The molecule has 1 rings (SSSR count). The van der Waals surface area contributed by atoms with Gasteiger partial charge < -0.3 is 0 Å². The van der Waals surface area contributed by atoms with Crippen LogP contribution in [-0.2, 0) is 4.79 Å². The van der Waals surface area contributed by atoms with Crippen LogP contribution < -0.4 is 0 Å². The van der Waals surface area contributed by atoms with E-state index in [1.54, 1.807) is 0 Å².